The molecule has 0 aliphatic rings. The maximum atomic E-state index is 6.41. The molecule has 0 radical (unpaired) electrons. The van der Waals surface area contributed by atoms with E-state index in [1.807, 2.05) is 72.8 Å². The van der Waals surface area contributed by atoms with Crippen LogP contribution in [0.4, 0.5) is 17.1 Å². The largest absolute Gasteiger partial charge is 0.456 e. The van der Waals surface area contributed by atoms with Crippen molar-refractivity contribution in [2.45, 2.75) is 0 Å². The molecule has 3 aromatic heterocycles. The third-order valence-corrected chi connectivity index (χ3v) is 10.3. The van der Waals surface area contributed by atoms with E-state index >= 15 is 0 Å². The zero-order chi connectivity index (χ0) is 35.6. The van der Waals surface area contributed by atoms with Crippen LogP contribution in [0.15, 0.2) is 195 Å². The van der Waals surface area contributed by atoms with Crippen molar-refractivity contribution in [3.63, 3.8) is 0 Å². The number of anilines is 3. The van der Waals surface area contributed by atoms with Crippen LogP contribution in [0.5, 0.6) is 0 Å². The first-order valence-electron chi connectivity index (χ1n) is 18.0. The van der Waals surface area contributed by atoms with Crippen molar-refractivity contribution in [3.8, 4) is 33.7 Å². The molecule has 11 aromatic rings. The number of benzene rings is 8. The smallest absolute Gasteiger partial charge is 0.227 e. The summed E-state index contributed by atoms with van der Waals surface area (Å²) in [6.45, 7) is 0. The molecule has 0 N–H and O–H groups in total. The Morgan fingerprint density at radius 1 is 0.370 bits per heavy atom. The molecule has 0 amide bonds. The summed E-state index contributed by atoms with van der Waals surface area (Å²) in [5.41, 5.74) is 13.4. The minimum absolute atomic E-state index is 0.595. The highest BCUT2D eigenvalue weighted by atomic mass is 16.4. The van der Waals surface area contributed by atoms with Gasteiger partial charge in [0, 0.05) is 27.7 Å². The number of hydrogen-bond donors (Lipinski definition) is 0. The summed E-state index contributed by atoms with van der Waals surface area (Å²) in [6.07, 6.45) is 0. The van der Waals surface area contributed by atoms with Gasteiger partial charge in [-0.1, -0.05) is 103 Å². The Hall–Kier alpha value is -7.37. The maximum Gasteiger partial charge on any atom is 0.227 e. The molecule has 3 heterocycles. The number of rotatable bonds is 6. The first kappa shape index (κ1) is 30.3. The van der Waals surface area contributed by atoms with Gasteiger partial charge >= 0.3 is 0 Å². The van der Waals surface area contributed by atoms with Crippen LogP contribution in [0.1, 0.15) is 0 Å². The van der Waals surface area contributed by atoms with Gasteiger partial charge in [-0.3, -0.25) is 0 Å². The lowest BCUT2D eigenvalue weighted by atomic mass is 10.0. The van der Waals surface area contributed by atoms with Crippen molar-refractivity contribution < 1.29 is 13.3 Å². The summed E-state index contributed by atoms with van der Waals surface area (Å²) in [5, 5.41) is 4.09. The number of nitrogens with zero attached hydrogens (tertiary/aromatic N) is 2. The minimum atomic E-state index is 0.595. The van der Waals surface area contributed by atoms with E-state index in [4.69, 9.17) is 18.2 Å². The topological polar surface area (TPSA) is 55.6 Å². The summed E-state index contributed by atoms with van der Waals surface area (Å²) in [7, 11) is 0. The second-order valence-corrected chi connectivity index (χ2v) is 13.5. The lowest BCUT2D eigenvalue weighted by Gasteiger charge is -2.26. The minimum Gasteiger partial charge on any atom is -0.456 e. The van der Waals surface area contributed by atoms with Crippen molar-refractivity contribution in [1.29, 1.82) is 0 Å². The zero-order valence-corrected chi connectivity index (χ0v) is 28.9. The van der Waals surface area contributed by atoms with E-state index in [0.717, 1.165) is 88.7 Å². The Bertz CT molecular complexity index is 3140. The van der Waals surface area contributed by atoms with Crippen LogP contribution < -0.4 is 4.90 Å². The van der Waals surface area contributed by atoms with Gasteiger partial charge < -0.3 is 18.2 Å². The highest BCUT2D eigenvalue weighted by molar-refractivity contribution is 6.17. The van der Waals surface area contributed by atoms with Gasteiger partial charge in [0.15, 0.2) is 5.58 Å². The van der Waals surface area contributed by atoms with E-state index < -0.39 is 0 Å². The second-order valence-electron chi connectivity index (χ2n) is 13.5. The summed E-state index contributed by atoms with van der Waals surface area (Å²) in [5.74, 6) is 0.595. The lowest BCUT2D eigenvalue weighted by Crippen LogP contribution is -2.10. The van der Waals surface area contributed by atoms with Gasteiger partial charge in [-0.05, 0) is 101 Å². The number of oxazole rings is 1. The average Bonchev–Trinajstić information content (AvgIpc) is 3.95. The molecule has 54 heavy (non-hydrogen) atoms. The highest BCUT2D eigenvalue weighted by Gasteiger charge is 2.21. The molecular formula is C49H30N2O3. The van der Waals surface area contributed by atoms with Crippen LogP contribution in [0, 0.1) is 0 Å². The van der Waals surface area contributed by atoms with Crippen LogP contribution >= 0.6 is 0 Å². The van der Waals surface area contributed by atoms with E-state index in [9.17, 15) is 0 Å². The van der Waals surface area contributed by atoms with E-state index in [0.29, 0.717) is 5.89 Å². The monoisotopic (exact) mass is 694 g/mol. The number of hydrogen-bond acceptors (Lipinski definition) is 5. The highest BCUT2D eigenvalue weighted by Crippen LogP contribution is 2.44. The first-order valence-corrected chi connectivity index (χ1v) is 18.0. The fraction of sp³-hybridized carbons (Fsp3) is 0. The van der Waals surface area contributed by atoms with Gasteiger partial charge in [-0.15, -0.1) is 0 Å². The van der Waals surface area contributed by atoms with E-state index in [-0.39, 0.29) is 0 Å². The number of aromatic nitrogens is 1. The van der Waals surface area contributed by atoms with Crippen LogP contribution in [0.3, 0.4) is 0 Å². The van der Waals surface area contributed by atoms with Crippen molar-refractivity contribution >= 4 is 72.0 Å². The van der Waals surface area contributed by atoms with Gasteiger partial charge in [0.25, 0.3) is 0 Å². The third kappa shape index (κ3) is 4.90. The van der Waals surface area contributed by atoms with Crippen LogP contribution in [-0.4, -0.2) is 4.98 Å². The molecule has 0 spiro atoms. The molecular weight excluding hydrogens is 665 g/mol. The molecule has 5 heteroatoms. The number of para-hydroxylation sites is 1. The Morgan fingerprint density at radius 2 is 0.926 bits per heavy atom. The molecule has 0 unspecified atom stereocenters. The SMILES string of the molecule is c1ccc(-c2ccc(N(c3ccc(-c4ccc5oc6ccc7nc(-c8ccccc8)oc7c6c5c4)cc3)c3cccc4oc5ccccc5c34)cc2)cc1. The van der Waals surface area contributed by atoms with Crippen LogP contribution in [-0.2, 0) is 0 Å². The van der Waals surface area contributed by atoms with Gasteiger partial charge in [-0.2, -0.15) is 0 Å². The van der Waals surface area contributed by atoms with E-state index in [2.05, 4.69) is 114 Å². The Morgan fingerprint density at radius 3 is 1.67 bits per heavy atom. The fourth-order valence-corrected chi connectivity index (χ4v) is 7.74. The molecule has 0 atom stereocenters. The zero-order valence-electron chi connectivity index (χ0n) is 28.9. The van der Waals surface area contributed by atoms with Crippen molar-refractivity contribution in [3.05, 3.63) is 182 Å². The van der Waals surface area contributed by atoms with Crippen molar-refractivity contribution in [2.75, 3.05) is 4.90 Å². The molecule has 0 aliphatic carbocycles. The van der Waals surface area contributed by atoms with Gasteiger partial charge in [-0.25, -0.2) is 4.98 Å². The number of fused-ring (bicyclic) bond motifs is 8. The molecule has 5 nitrogen and oxygen atoms in total. The van der Waals surface area contributed by atoms with Crippen LogP contribution in [0.25, 0.3) is 88.7 Å². The quantitative estimate of drug-likeness (QED) is 0.173. The Labute approximate surface area is 309 Å². The Kier molecular flexibility index (Phi) is 6.79. The maximum absolute atomic E-state index is 6.41. The molecule has 0 bridgehead atoms. The summed E-state index contributed by atoms with van der Waals surface area (Å²) < 4.78 is 19.0. The lowest BCUT2D eigenvalue weighted by molar-refractivity contribution is 0.622. The summed E-state index contributed by atoms with van der Waals surface area (Å²) in [6, 6.07) is 62.9. The standard InChI is InChI=1S/C49H30N2O3/c1-3-10-31(11-4-1)32-18-23-36(24-19-32)51(41-15-9-17-44-46(41)38-14-7-8-16-42(38)52-44)37-25-20-33(21-26-37)35-22-28-43-39(30-35)47-45(53-43)29-27-40-48(47)54-49(50-40)34-12-5-2-6-13-34/h1-30H. The summed E-state index contributed by atoms with van der Waals surface area (Å²) >= 11 is 0. The Balaban J connectivity index is 1.03. The molecule has 0 aliphatic heterocycles. The van der Waals surface area contributed by atoms with E-state index in [1.165, 1.54) is 11.1 Å². The summed E-state index contributed by atoms with van der Waals surface area (Å²) in [4.78, 5) is 7.13. The third-order valence-electron chi connectivity index (χ3n) is 10.3. The van der Waals surface area contributed by atoms with Gasteiger partial charge in [0.2, 0.25) is 5.89 Å². The van der Waals surface area contributed by atoms with Gasteiger partial charge in [0.1, 0.15) is 27.8 Å². The van der Waals surface area contributed by atoms with Crippen LogP contribution in [0.2, 0.25) is 0 Å². The molecule has 8 aromatic carbocycles. The molecule has 0 saturated heterocycles. The average molecular weight is 695 g/mol. The van der Waals surface area contributed by atoms with Gasteiger partial charge in [0.05, 0.1) is 16.5 Å². The predicted molar refractivity (Wildman–Crippen MR) is 220 cm³/mol. The number of furan rings is 2. The first-order chi connectivity index (χ1) is 26.7. The predicted octanol–water partition coefficient (Wildman–Crippen LogP) is 14.1. The normalized spacial score (nSPS) is 11.7. The molecule has 11 rings (SSSR count). The molecule has 254 valence electrons. The molecule has 0 fully saturated rings. The second kappa shape index (κ2) is 12.1. The van der Waals surface area contributed by atoms with Crippen molar-refractivity contribution in [2.24, 2.45) is 0 Å². The van der Waals surface area contributed by atoms with Crippen molar-refractivity contribution in [1.82, 2.24) is 4.98 Å². The fourth-order valence-electron chi connectivity index (χ4n) is 7.74. The molecule has 0 saturated carbocycles. The van der Waals surface area contributed by atoms with E-state index in [1.54, 1.807) is 0 Å².